The number of imidazole rings is 1. The van der Waals surface area contributed by atoms with Crippen molar-refractivity contribution in [3.8, 4) is 28.1 Å². The van der Waals surface area contributed by atoms with Gasteiger partial charge in [0.05, 0.1) is 12.1 Å². The lowest BCUT2D eigenvalue weighted by atomic mass is 10.0. The third-order valence-corrected chi connectivity index (χ3v) is 11.4. The summed E-state index contributed by atoms with van der Waals surface area (Å²) in [5.74, 6) is -1.45. The Kier molecular flexibility index (Phi) is 14.4. The van der Waals surface area contributed by atoms with Gasteiger partial charge in [-0.1, -0.05) is 45.0 Å². The molecule has 0 aliphatic carbocycles. The third kappa shape index (κ3) is 11.5. The van der Waals surface area contributed by atoms with Crippen molar-refractivity contribution < 1.29 is 51.3 Å². The van der Waals surface area contributed by atoms with E-state index in [1.54, 1.807) is 14.7 Å². The lowest BCUT2D eigenvalue weighted by Crippen LogP contribution is -2.55. The molecule has 4 N–H and O–H groups in total. The fourth-order valence-corrected chi connectivity index (χ4v) is 8.30. The van der Waals surface area contributed by atoms with E-state index in [0.717, 1.165) is 18.9 Å². The number of carbonyl (C=O) groups excluding carboxylic acids is 3. The molecule has 1 aromatic heterocycles. The second kappa shape index (κ2) is 19.2. The predicted octanol–water partition coefficient (Wildman–Crippen LogP) is 6.78. The standard InChI is InChI=1S/C43H58F4N8O7/c1-25(2)34(50-40(58)60-7)38(56)55-24-26(3)22-32(55)37-49-35(36(44)51-37)28-10-8-27(9-11-28)31-13-12-29(23-33(31)61-43(45,46)47)48-39(57)53-20-18-52(19-21-53)30-14-16-54(17-15-30)41(59)62-42(4,5)6/h8-13,23,25-26,30,32,34,40,50,58H,14-22,24H2,1-7H3,(H,48,57)(H,49,51)/t26-,32-,34-,40?/m0/s1. The van der Waals surface area contributed by atoms with Gasteiger partial charge < -0.3 is 44.3 Å². The van der Waals surface area contributed by atoms with E-state index in [1.807, 2.05) is 41.5 Å². The molecule has 0 spiro atoms. The summed E-state index contributed by atoms with van der Waals surface area (Å²) in [6.45, 7) is 14.8. The minimum Gasteiger partial charge on any atom is -0.444 e. The number of aromatic amines is 1. The van der Waals surface area contributed by atoms with Crippen LogP contribution in [-0.4, -0.2) is 136 Å². The number of amides is 4. The van der Waals surface area contributed by atoms with Crippen LogP contribution in [0.2, 0.25) is 0 Å². The Bertz CT molecular complexity index is 2030. The van der Waals surface area contributed by atoms with Crippen molar-refractivity contribution >= 4 is 23.7 Å². The van der Waals surface area contributed by atoms with E-state index in [-0.39, 0.29) is 52.6 Å². The van der Waals surface area contributed by atoms with Gasteiger partial charge in [0, 0.05) is 81.8 Å². The monoisotopic (exact) mass is 874 g/mol. The highest BCUT2D eigenvalue weighted by atomic mass is 19.4. The maximum absolute atomic E-state index is 15.5. The number of benzene rings is 2. The topological polar surface area (TPSA) is 165 Å². The summed E-state index contributed by atoms with van der Waals surface area (Å²) in [6, 6.07) is 8.57. The molecular weight excluding hydrogens is 817 g/mol. The molecule has 3 aliphatic heterocycles. The van der Waals surface area contributed by atoms with Crippen LogP contribution in [0.4, 0.5) is 32.8 Å². The smallest absolute Gasteiger partial charge is 0.444 e. The van der Waals surface area contributed by atoms with Gasteiger partial charge in [-0.15, -0.1) is 13.2 Å². The summed E-state index contributed by atoms with van der Waals surface area (Å²) in [6.07, 6.45) is -4.63. The van der Waals surface area contributed by atoms with Crippen molar-refractivity contribution in [1.29, 1.82) is 0 Å². The molecule has 3 fully saturated rings. The number of nitrogens with one attached hydrogen (secondary N) is 3. The highest BCUT2D eigenvalue weighted by Crippen LogP contribution is 2.39. The van der Waals surface area contributed by atoms with Crippen LogP contribution in [0, 0.1) is 17.8 Å². The van der Waals surface area contributed by atoms with Crippen LogP contribution in [0.25, 0.3) is 22.4 Å². The number of rotatable bonds is 11. The van der Waals surface area contributed by atoms with Gasteiger partial charge in [0.15, 0.2) is 0 Å². The summed E-state index contributed by atoms with van der Waals surface area (Å²) in [5.41, 5.74) is 0.278. The van der Waals surface area contributed by atoms with E-state index in [2.05, 4.69) is 30.2 Å². The van der Waals surface area contributed by atoms with Gasteiger partial charge in [0.1, 0.15) is 22.9 Å². The zero-order valence-corrected chi connectivity index (χ0v) is 36.2. The van der Waals surface area contributed by atoms with Crippen LogP contribution in [0.15, 0.2) is 42.5 Å². The maximum Gasteiger partial charge on any atom is 0.573 e. The van der Waals surface area contributed by atoms with E-state index in [4.69, 9.17) is 9.47 Å². The van der Waals surface area contributed by atoms with Gasteiger partial charge in [0.25, 0.3) is 0 Å². The van der Waals surface area contributed by atoms with Crippen molar-refractivity contribution in [2.75, 3.05) is 58.2 Å². The minimum absolute atomic E-state index is 0.0268. The number of methoxy groups -OCH3 is 1. The summed E-state index contributed by atoms with van der Waals surface area (Å²) >= 11 is 0. The zero-order valence-electron chi connectivity index (χ0n) is 36.2. The van der Waals surface area contributed by atoms with E-state index in [9.17, 15) is 32.7 Å². The number of ether oxygens (including phenoxy) is 3. The number of halogens is 4. The van der Waals surface area contributed by atoms with Crippen LogP contribution in [-0.2, 0) is 14.3 Å². The lowest BCUT2D eigenvalue weighted by Gasteiger charge is -2.42. The first-order valence-electron chi connectivity index (χ1n) is 21.0. The number of urea groups is 1. The number of likely N-dealkylation sites (tertiary alicyclic amines) is 2. The number of H-pyrrole nitrogens is 1. The molecule has 3 aromatic rings. The van der Waals surface area contributed by atoms with Crippen LogP contribution < -0.4 is 15.4 Å². The predicted molar refractivity (Wildman–Crippen MR) is 222 cm³/mol. The Labute approximate surface area is 359 Å². The van der Waals surface area contributed by atoms with Gasteiger partial charge in [-0.2, -0.15) is 4.39 Å². The molecule has 15 nitrogen and oxygen atoms in total. The van der Waals surface area contributed by atoms with Crippen LogP contribution in [0.1, 0.15) is 72.7 Å². The van der Waals surface area contributed by atoms with E-state index in [1.165, 1.54) is 43.5 Å². The molecule has 0 radical (unpaired) electrons. The highest BCUT2D eigenvalue weighted by molar-refractivity contribution is 5.90. The van der Waals surface area contributed by atoms with Crippen molar-refractivity contribution in [2.45, 2.75) is 97.3 Å². The molecule has 4 atom stereocenters. The molecule has 4 heterocycles. The molecule has 62 heavy (non-hydrogen) atoms. The molecular formula is C43H58F4N8O7. The molecule has 340 valence electrons. The highest BCUT2D eigenvalue weighted by Gasteiger charge is 2.41. The second-order valence-corrected chi connectivity index (χ2v) is 17.6. The Hall–Kier alpha value is -4.98. The van der Waals surface area contributed by atoms with Crippen molar-refractivity contribution in [1.82, 2.24) is 34.9 Å². The molecule has 3 aliphatic rings. The van der Waals surface area contributed by atoms with E-state index in [0.29, 0.717) is 63.4 Å². The second-order valence-electron chi connectivity index (χ2n) is 17.6. The number of piperazine rings is 1. The summed E-state index contributed by atoms with van der Waals surface area (Å²) in [5, 5.41) is 15.5. The number of aliphatic hydroxyl groups excluding tert-OH is 1. The number of alkyl halides is 3. The molecule has 6 rings (SSSR count). The number of carbonyl (C=O) groups is 3. The number of nitrogens with zero attached hydrogens (tertiary/aromatic N) is 5. The quantitative estimate of drug-likeness (QED) is 0.119. The van der Waals surface area contributed by atoms with Crippen LogP contribution in [0.5, 0.6) is 5.75 Å². The van der Waals surface area contributed by atoms with Gasteiger partial charge in [-0.05, 0) is 69.6 Å². The molecule has 4 amide bonds. The Morgan fingerprint density at radius 1 is 0.935 bits per heavy atom. The first kappa shape index (κ1) is 46.5. The van der Waals surface area contributed by atoms with Crippen molar-refractivity contribution in [2.24, 2.45) is 11.8 Å². The first-order chi connectivity index (χ1) is 29.2. The summed E-state index contributed by atoms with van der Waals surface area (Å²) < 4.78 is 71.5. The van der Waals surface area contributed by atoms with E-state index >= 15 is 4.39 Å². The number of hydrogen-bond donors (Lipinski definition) is 4. The number of aromatic nitrogens is 2. The van der Waals surface area contributed by atoms with E-state index < -0.39 is 48.2 Å². The average Bonchev–Trinajstić information content (AvgIpc) is 3.80. The van der Waals surface area contributed by atoms with Crippen LogP contribution in [0.3, 0.4) is 0 Å². The number of anilines is 1. The molecule has 3 saturated heterocycles. The van der Waals surface area contributed by atoms with Gasteiger partial charge in [0.2, 0.25) is 18.3 Å². The molecule has 19 heteroatoms. The fourth-order valence-electron chi connectivity index (χ4n) is 8.30. The van der Waals surface area contributed by atoms with Gasteiger partial charge in [-0.25, -0.2) is 14.6 Å². The maximum atomic E-state index is 15.5. The molecule has 1 unspecified atom stereocenters. The minimum atomic E-state index is -5.03. The lowest BCUT2D eigenvalue weighted by molar-refractivity contribution is -0.274. The summed E-state index contributed by atoms with van der Waals surface area (Å²) in [7, 11) is 1.31. The van der Waals surface area contributed by atoms with Gasteiger partial charge >= 0.3 is 18.5 Å². The van der Waals surface area contributed by atoms with Crippen molar-refractivity contribution in [3.05, 3.63) is 54.2 Å². The summed E-state index contributed by atoms with van der Waals surface area (Å²) in [4.78, 5) is 54.0. The Morgan fingerprint density at radius 2 is 1.58 bits per heavy atom. The van der Waals surface area contributed by atoms with Gasteiger partial charge in [-0.3, -0.25) is 15.0 Å². The zero-order chi connectivity index (χ0) is 45.1. The van der Waals surface area contributed by atoms with Crippen molar-refractivity contribution in [3.63, 3.8) is 0 Å². The SMILES string of the molecule is COC(O)N[C@H](C(=O)N1C[C@@H](C)C[C@H]1c1nc(-c2ccc(-c3ccc(NC(=O)N4CCN(C5CCN(C(=O)OC(C)(C)C)CC5)CC4)cc3OC(F)(F)F)cc2)c(F)[nH]1)C(C)C. The molecule has 0 saturated carbocycles. The Balaban J connectivity index is 1.10. The van der Waals surface area contributed by atoms with Crippen LogP contribution >= 0.6 is 0 Å². The largest absolute Gasteiger partial charge is 0.573 e. The fraction of sp³-hybridized carbons (Fsp3) is 0.581. The molecule has 0 bridgehead atoms. The third-order valence-electron chi connectivity index (χ3n) is 11.4. The molecule has 2 aromatic carbocycles. The normalized spacial score (nSPS) is 20.4. The first-order valence-corrected chi connectivity index (χ1v) is 21.0. The Morgan fingerprint density at radius 3 is 2.18 bits per heavy atom. The number of hydrogen-bond acceptors (Lipinski definition) is 10. The number of aliphatic hydroxyl groups is 1. The average molecular weight is 875 g/mol. The number of piperidine rings is 1.